The zero-order chi connectivity index (χ0) is 18.2. The molecular weight excluding hydrogens is 320 g/mol. The molecule has 2 rings (SSSR count). The number of methoxy groups -OCH3 is 2. The fourth-order valence-electron chi connectivity index (χ4n) is 2.12. The lowest BCUT2D eigenvalue weighted by Crippen LogP contribution is -2.15. The molecule has 0 fully saturated rings. The summed E-state index contributed by atoms with van der Waals surface area (Å²) in [5.74, 6) is 2.38. The van der Waals surface area contributed by atoms with Crippen molar-refractivity contribution in [1.82, 2.24) is 0 Å². The highest BCUT2D eigenvalue weighted by Gasteiger charge is 2.10. The molecule has 5 nitrogen and oxygen atoms in total. The highest BCUT2D eigenvalue weighted by Crippen LogP contribution is 2.34. The first-order chi connectivity index (χ1) is 12.1. The third-order valence-electron chi connectivity index (χ3n) is 3.30. The van der Waals surface area contributed by atoms with E-state index in [0.29, 0.717) is 23.0 Å². The highest BCUT2D eigenvalue weighted by molar-refractivity contribution is 5.72. The van der Waals surface area contributed by atoms with Crippen molar-refractivity contribution < 1.29 is 24.0 Å². The summed E-state index contributed by atoms with van der Waals surface area (Å²) in [6.45, 7) is 8.98. The standard InChI is InChI=1S/C20H22O5/c1-6-20(22-5)23-17-11-12-18(19(13-17)21-4)15-7-9-16(10-8-15)25-24-14(2)3/h6-13,20H,1-2H2,3-5H3. The molecule has 0 spiro atoms. The molecule has 0 aliphatic heterocycles. The summed E-state index contributed by atoms with van der Waals surface area (Å²) in [5, 5.41) is 0. The number of allylic oxidation sites excluding steroid dienone is 1. The van der Waals surface area contributed by atoms with Crippen LogP contribution in [0.3, 0.4) is 0 Å². The Morgan fingerprint density at radius 3 is 2.28 bits per heavy atom. The Morgan fingerprint density at radius 2 is 1.72 bits per heavy atom. The molecule has 0 bridgehead atoms. The molecule has 0 saturated carbocycles. The van der Waals surface area contributed by atoms with E-state index in [9.17, 15) is 0 Å². The quantitative estimate of drug-likeness (QED) is 0.216. The van der Waals surface area contributed by atoms with E-state index in [1.165, 1.54) is 0 Å². The highest BCUT2D eigenvalue weighted by atomic mass is 17.2. The van der Waals surface area contributed by atoms with Gasteiger partial charge in [0.1, 0.15) is 17.3 Å². The van der Waals surface area contributed by atoms with Crippen LogP contribution in [0.5, 0.6) is 17.2 Å². The van der Waals surface area contributed by atoms with Crippen LogP contribution < -0.4 is 14.4 Å². The third kappa shape index (κ3) is 5.02. The number of hydrogen-bond donors (Lipinski definition) is 0. The average molecular weight is 342 g/mol. The number of benzene rings is 2. The van der Waals surface area contributed by atoms with Crippen LogP contribution in [0.25, 0.3) is 11.1 Å². The van der Waals surface area contributed by atoms with Gasteiger partial charge in [-0.15, -0.1) is 0 Å². The molecule has 2 aromatic rings. The molecule has 2 aromatic carbocycles. The molecule has 0 radical (unpaired) electrons. The summed E-state index contributed by atoms with van der Waals surface area (Å²) in [6, 6.07) is 13.0. The molecule has 132 valence electrons. The summed E-state index contributed by atoms with van der Waals surface area (Å²) < 4.78 is 16.3. The summed E-state index contributed by atoms with van der Waals surface area (Å²) in [6.07, 6.45) is 1.06. The van der Waals surface area contributed by atoms with Crippen LogP contribution in [0.1, 0.15) is 6.92 Å². The molecule has 0 aromatic heterocycles. The van der Waals surface area contributed by atoms with Crippen LogP contribution in [0.4, 0.5) is 0 Å². The fraction of sp³-hybridized carbons (Fsp3) is 0.200. The zero-order valence-electron chi connectivity index (χ0n) is 14.7. The van der Waals surface area contributed by atoms with Crippen LogP contribution in [-0.4, -0.2) is 20.5 Å². The first kappa shape index (κ1) is 18.4. The molecule has 5 heteroatoms. The summed E-state index contributed by atoms with van der Waals surface area (Å²) in [7, 11) is 3.17. The van der Waals surface area contributed by atoms with Crippen molar-refractivity contribution >= 4 is 0 Å². The van der Waals surface area contributed by atoms with Gasteiger partial charge in [0.05, 0.1) is 7.11 Å². The molecular formula is C20H22O5. The van der Waals surface area contributed by atoms with E-state index in [0.717, 1.165) is 11.1 Å². The van der Waals surface area contributed by atoms with E-state index >= 15 is 0 Å². The van der Waals surface area contributed by atoms with Crippen molar-refractivity contribution in [2.75, 3.05) is 14.2 Å². The van der Waals surface area contributed by atoms with Crippen LogP contribution >= 0.6 is 0 Å². The lowest BCUT2D eigenvalue weighted by molar-refractivity contribution is -0.164. The first-order valence-corrected chi connectivity index (χ1v) is 7.68. The Balaban J connectivity index is 2.20. The van der Waals surface area contributed by atoms with Crippen molar-refractivity contribution in [3.63, 3.8) is 0 Å². The van der Waals surface area contributed by atoms with Gasteiger partial charge in [0.2, 0.25) is 6.29 Å². The van der Waals surface area contributed by atoms with Crippen molar-refractivity contribution in [1.29, 1.82) is 0 Å². The van der Waals surface area contributed by atoms with E-state index in [1.54, 1.807) is 45.4 Å². The minimum Gasteiger partial charge on any atom is -0.496 e. The molecule has 0 aliphatic carbocycles. The maximum Gasteiger partial charge on any atom is 0.219 e. The topological polar surface area (TPSA) is 46.2 Å². The summed E-state index contributed by atoms with van der Waals surface area (Å²) >= 11 is 0. The Kier molecular flexibility index (Phi) is 6.48. The molecule has 1 atom stereocenters. The van der Waals surface area contributed by atoms with Crippen LogP contribution in [-0.2, 0) is 9.62 Å². The number of ether oxygens (including phenoxy) is 3. The molecule has 1 unspecified atom stereocenters. The van der Waals surface area contributed by atoms with Gasteiger partial charge in [-0.2, -0.15) is 0 Å². The van der Waals surface area contributed by atoms with Gasteiger partial charge >= 0.3 is 0 Å². The smallest absolute Gasteiger partial charge is 0.219 e. The minimum atomic E-state index is -0.514. The molecule has 0 N–H and O–H groups in total. The van der Waals surface area contributed by atoms with Gasteiger partial charge in [0.15, 0.2) is 5.75 Å². The van der Waals surface area contributed by atoms with Gasteiger partial charge in [-0.1, -0.05) is 25.3 Å². The fourth-order valence-corrected chi connectivity index (χ4v) is 2.12. The lowest BCUT2D eigenvalue weighted by atomic mass is 10.0. The Labute approximate surface area is 148 Å². The van der Waals surface area contributed by atoms with Crippen LogP contribution in [0, 0.1) is 0 Å². The summed E-state index contributed by atoms with van der Waals surface area (Å²) in [4.78, 5) is 10.1. The number of hydrogen-bond acceptors (Lipinski definition) is 5. The van der Waals surface area contributed by atoms with Gasteiger partial charge in [0.25, 0.3) is 0 Å². The van der Waals surface area contributed by atoms with E-state index in [2.05, 4.69) is 13.2 Å². The van der Waals surface area contributed by atoms with E-state index in [1.807, 2.05) is 24.3 Å². The molecule has 0 saturated heterocycles. The minimum absolute atomic E-state index is 0.482. The van der Waals surface area contributed by atoms with Gasteiger partial charge in [-0.3, -0.25) is 9.78 Å². The number of rotatable bonds is 9. The van der Waals surface area contributed by atoms with Crippen LogP contribution in [0.15, 0.2) is 67.5 Å². The Hall–Kier alpha value is -2.92. The van der Waals surface area contributed by atoms with Gasteiger partial charge in [0, 0.05) is 18.7 Å². The Morgan fingerprint density at radius 1 is 1.04 bits per heavy atom. The van der Waals surface area contributed by atoms with Crippen molar-refractivity contribution in [3.8, 4) is 28.4 Å². The van der Waals surface area contributed by atoms with Crippen molar-refractivity contribution in [2.24, 2.45) is 0 Å². The average Bonchev–Trinajstić information content (AvgIpc) is 2.64. The zero-order valence-corrected chi connectivity index (χ0v) is 14.7. The SMILES string of the molecule is C=CC(OC)Oc1ccc(-c2ccc(OOC(=C)C)cc2)c(OC)c1. The van der Waals surface area contributed by atoms with Crippen molar-refractivity contribution in [3.05, 3.63) is 67.5 Å². The second kappa shape index (κ2) is 8.80. The van der Waals surface area contributed by atoms with E-state index in [4.69, 9.17) is 24.0 Å². The Bertz CT molecular complexity index is 721. The van der Waals surface area contributed by atoms with E-state index < -0.39 is 6.29 Å². The summed E-state index contributed by atoms with van der Waals surface area (Å²) in [5.41, 5.74) is 1.90. The maximum atomic E-state index is 5.65. The van der Waals surface area contributed by atoms with E-state index in [-0.39, 0.29) is 0 Å². The van der Waals surface area contributed by atoms with Gasteiger partial charge in [-0.25, -0.2) is 0 Å². The predicted molar refractivity (Wildman–Crippen MR) is 96.6 cm³/mol. The van der Waals surface area contributed by atoms with Crippen LogP contribution in [0.2, 0.25) is 0 Å². The predicted octanol–water partition coefficient (Wildman–Crippen LogP) is 4.74. The molecule has 25 heavy (non-hydrogen) atoms. The largest absolute Gasteiger partial charge is 0.496 e. The van der Waals surface area contributed by atoms with Gasteiger partial charge in [-0.05, 0) is 42.8 Å². The lowest BCUT2D eigenvalue weighted by Gasteiger charge is -2.16. The monoisotopic (exact) mass is 342 g/mol. The van der Waals surface area contributed by atoms with Crippen molar-refractivity contribution in [2.45, 2.75) is 13.2 Å². The normalized spacial score (nSPS) is 11.3. The van der Waals surface area contributed by atoms with Gasteiger partial charge < -0.3 is 14.2 Å². The second-order valence-corrected chi connectivity index (χ2v) is 5.21. The third-order valence-corrected chi connectivity index (χ3v) is 3.30. The molecule has 0 aliphatic rings. The molecule has 0 heterocycles. The first-order valence-electron chi connectivity index (χ1n) is 7.68. The second-order valence-electron chi connectivity index (χ2n) is 5.21. The maximum absolute atomic E-state index is 5.65. The molecule has 0 amide bonds.